The lowest BCUT2D eigenvalue weighted by Gasteiger charge is -2.19. The second kappa shape index (κ2) is 3.98. The second-order valence-electron chi connectivity index (χ2n) is 4.36. The minimum absolute atomic E-state index is 0.279. The highest BCUT2D eigenvalue weighted by Crippen LogP contribution is 2.32. The molecule has 2 atom stereocenters. The predicted molar refractivity (Wildman–Crippen MR) is 66.8 cm³/mol. The third kappa shape index (κ3) is 1.87. The Morgan fingerprint density at radius 2 is 2.12 bits per heavy atom. The highest BCUT2D eigenvalue weighted by atomic mass is 31.0. The van der Waals surface area contributed by atoms with Gasteiger partial charge >= 0.3 is 0 Å². The molecule has 0 bridgehead atoms. The molecule has 1 aromatic rings. The van der Waals surface area contributed by atoms with E-state index in [1.54, 1.807) is 12.4 Å². The third-order valence-electron chi connectivity index (χ3n) is 2.46. The zero-order valence-corrected chi connectivity index (χ0v) is 10.7. The molecule has 1 aliphatic heterocycles. The van der Waals surface area contributed by atoms with Gasteiger partial charge in [0, 0.05) is 11.8 Å². The Bertz CT molecular complexity index is 464. The molecule has 1 aliphatic rings. The topological polar surface area (TPSA) is 63.4 Å². The average molecular weight is 235 g/mol. The van der Waals surface area contributed by atoms with Crippen LogP contribution in [0.1, 0.15) is 32.0 Å². The van der Waals surface area contributed by atoms with Crippen molar-refractivity contribution in [3.8, 4) is 0 Å². The maximum Gasteiger partial charge on any atom is 0.0906 e. The maximum atomic E-state index is 4.22. The highest BCUT2D eigenvalue weighted by molar-refractivity contribution is 7.20. The maximum absolute atomic E-state index is 4.22. The van der Waals surface area contributed by atoms with Crippen LogP contribution < -0.4 is 0 Å². The molecule has 2 heterocycles. The molecule has 2 rings (SSSR count). The van der Waals surface area contributed by atoms with E-state index < -0.39 is 0 Å². The molecule has 6 heteroatoms. The molecule has 0 N–H and O–H groups in total. The number of fused-ring (bicyclic) bond motifs is 1. The van der Waals surface area contributed by atoms with Crippen molar-refractivity contribution in [1.82, 2.24) is 15.4 Å². The number of aromatic nitrogens is 3. The molecule has 0 radical (unpaired) electrons. The van der Waals surface area contributed by atoms with Crippen LogP contribution in [0.4, 0.5) is 0 Å². The molecule has 0 aliphatic carbocycles. The van der Waals surface area contributed by atoms with Gasteiger partial charge in [0.2, 0.25) is 0 Å². The summed E-state index contributed by atoms with van der Waals surface area (Å²) < 4.78 is 0. The van der Waals surface area contributed by atoms with Crippen molar-refractivity contribution in [2.45, 2.75) is 25.9 Å². The van der Waals surface area contributed by atoms with Crippen LogP contribution in [0.3, 0.4) is 0 Å². The van der Waals surface area contributed by atoms with Crippen molar-refractivity contribution in [3.63, 3.8) is 0 Å². The Balaban J connectivity index is 2.65. The van der Waals surface area contributed by atoms with Gasteiger partial charge in [0.05, 0.1) is 22.8 Å². The average Bonchev–Trinajstić information content (AvgIpc) is 2.36. The highest BCUT2D eigenvalue weighted by Gasteiger charge is 2.29. The van der Waals surface area contributed by atoms with Crippen molar-refractivity contribution in [2.75, 3.05) is 0 Å². The number of rotatable bonds is 1. The second-order valence-corrected chi connectivity index (χ2v) is 5.56. The van der Waals surface area contributed by atoms with Gasteiger partial charge in [0.1, 0.15) is 0 Å². The lowest BCUT2D eigenvalue weighted by molar-refractivity contribution is 0.765. The van der Waals surface area contributed by atoms with Gasteiger partial charge in [-0.15, -0.1) is 19.4 Å². The molecule has 0 aromatic carbocycles. The first kappa shape index (κ1) is 11.3. The zero-order chi connectivity index (χ0) is 11.8. The molecule has 16 heavy (non-hydrogen) atoms. The van der Waals surface area contributed by atoms with Crippen LogP contribution in [0.15, 0.2) is 16.4 Å². The molecular weight excluding hydrogens is 221 g/mol. The molecular formula is C10H14N5P. The van der Waals surface area contributed by atoms with E-state index in [-0.39, 0.29) is 11.1 Å². The van der Waals surface area contributed by atoms with Crippen LogP contribution >= 0.6 is 9.24 Å². The van der Waals surface area contributed by atoms with E-state index in [2.05, 4.69) is 48.7 Å². The largest absolute Gasteiger partial charge is 0.162 e. The third-order valence-corrected chi connectivity index (χ3v) is 2.89. The van der Waals surface area contributed by atoms with Gasteiger partial charge in [0.15, 0.2) is 0 Å². The molecule has 2 unspecified atom stereocenters. The van der Waals surface area contributed by atoms with Crippen molar-refractivity contribution < 1.29 is 0 Å². The Kier molecular flexibility index (Phi) is 2.80. The van der Waals surface area contributed by atoms with E-state index >= 15 is 0 Å². The molecule has 84 valence electrons. The van der Waals surface area contributed by atoms with Crippen LogP contribution in [0.5, 0.6) is 0 Å². The molecule has 0 saturated heterocycles. The van der Waals surface area contributed by atoms with E-state index in [0.29, 0.717) is 0 Å². The number of nitrogens with zero attached hydrogens (tertiary/aromatic N) is 5. The van der Waals surface area contributed by atoms with Crippen LogP contribution in [0.2, 0.25) is 0 Å². The number of hydrogen-bond acceptors (Lipinski definition) is 5. The lowest BCUT2D eigenvalue weighted by atomic mass is 9.95. The normalized spacial score (nSPS) is 23.9. The van der Waals surface area contributed by atoms with Gasteiger partial charge in [0.25, 0.3) is 0 Å². The summed E-state index contributed by atoms with van der Waals surface area (Å²) in [4.78, 5) is 0. The van der Waals surface area contributed by atoms with Crippen molar-refractivity contribution in [3.05, 3.63) is 17.5 Å². The van der Waals surface area contributed by atoms with Gasteiger partial charge in [-0.05, 0) is 18.1 Å². The summed E-state index contributed by atoms with van der Waals surface area (Å²) in [7, 11) is 2.72. The minimum atomic E-state index is -0.342. The molecule has 1 aromatic heterocycles. The first-order valence-electron chi connectivity index (χ1n) is 5.12. The molecule has 0 amide bonds. The monoisotopic (exact) mass is 235 g/mol. The smallest absolute Gasteiger partial charge is 0.0906 e. The van der Waals surface area contributed by atoms with Gasteiger partial charge in [-0.2, -0.15) is 10.2 Å². The quantitative estimate of drug-likeness (QED) is 0.691. The summed E-state index contributed by atoms with van der Waals surface area (Å²) in [6, 6.07) is 0. The van der Waals surface area contributed by atoms with Gasteiger partial charge in [-0.3, -0.25) is 0 Å². The number of hydrogen-bond donors (Lipinski definition) is 0. The summed E-state index contributed by atoms with van der Waals surface area (Å²) in [5.41, 5.74) is 2.68. The molecule has 0 fully saturated rings. The van der Waals surface area contributed by atoms with Gasteiger partial charge < -0.3 is 0 Å². The summed E-state index contributed by atoms with van der Waals surface area (Å²) >= 11 is 0. The van der Waals surface area contributed by atoms with Gasteiger partial charge in [-0.25, -0.2) is 0 Å². The van der Waals surface area contributed by atoms with Gasteiger partial charge in [-0.1, -0.05) is 13.8 Å². The summed E-state index contributed by atoms with van der Waals surface area (Å²) in [5, 5.41) is 19.6. The first-order chi connectivity index (χ1) is 7.52. The lowest BCUT2D eigenvalue weighted by Crippen LogP contribution is -2.22. The Morgan fingerprint density at radius 3 is 2.81 bits per heavy atom. The van der Waals surface area contributed by atoms with E-state index in [1.807, 2.05) is 6.92 Å². The van der Waals surface area contributed by atoms with E-state index in [0.717, 1.165) is 17.0 Å². The van der Waals surface area contributed by atoms with E-state index in [1.165, 1.54) is 0 Å². The SMILES string of the molecule is CC(C)C1=NN=CC(C)(P)c2nnncc21. The van der Waals surface area contributed by atoms with Crippen LogP contribution in [0.25, 0.3) is 0 Å². The fourth-order valence-electron chi connectivity index (χ4n) is 1.61. The fraction of sp³-hybridized carbons (Fsp3) is 0.500. The Hall–Kier alpha value is -1.22. The van der Waals surface area contributed by atoms with E-state index in [4.69, 9.17) is 0 Å². The zero-order valence-electron chi connectivity index (χ0n) is 9.55. The molecule has 0 saturated carbocycles. The van der Waals surface area contributed by atoms with Crippen molar-refractivity contribution in [2.24, 2.45) is 16.1 Å². The predicted octanol–water partition coefficient (Wildman–Crippen LogP) is 1.41. The minimum Gasteiger partial charge on any atom is -0.162 e. The van der Waals surface area contributed by atoms with Crippen LogP contribution in [0, 0.1) is 5.92 Å². The van der Waals surface area contributed by atoms with Crippen molar-refractivity contribution in [1.29, 1.82) is 0 Å². The molecule has 5 nitrogen and oxygen atoms in total. The van der Waals surface area contributed by atoms with E-state index in [9.17, 15) is 0 Å². The molecule has 0 spiro atoms. The van der Waals surface area contributed by atoms with Crippen molar-refractivity contribution >= 4 is 21.2 Å². The van der Waals surface area contributed by atoms with Crippen LogP contribution in [-0.2, 0) is 5.16 Å². The standard InChI is InChI=1S/C10H14N5P/c1-6(2)8-7-4-11-15-14-9(7)10(3,16)5-12-13-8/h4-6H,16H2,1-3H3. The summed E-state index contributed by atoms with van der Waals surface area (Å²) in [5.74, 6) is 0.279. The Labute approximate surface area is 96.7 Å². The Morgan fingerprint density at radius 1 is 1.38 bits per heavy atom. The first-order valence-corrected chi connectivity index (χ1v) is 5.70. The summed E-state index contributed by atoms with van der Waals surface area (Å²) in [6.07, 6.45) is 3.47. The fourth-order valence-corrected chi connectivity index (χ4v) is 1.89. The summed E-state index contributed by atoms with van der Waals surface area (Å²) in [6.45, 7) is 6.15. The van der Waals surface area contributed by atoms with Crippen LogP contribution in [-0.4, -0.2) is 27.3 Å².